The summed E-state index contributed by atoms with van der Waals surface area (Å²) in [6.45, 7) is 3.08. The Morgan fingerprint density at radius 3 is 2.59 bits per heavy atom. The van der Waals surface area contributed by atoms with Gasteiger partial charge in [-0.3, -0.25) is 4.79 Å². The summed E-state index contributed by atoms with van der Waals surface area (Å²) < 4.78 is 0.901. The van der Waals surface area contributed by atoms with Gasteiger partial charge in [0.1, 0.15) is 0 Å². The molecule has 5 nitrogen and oxygen atoms in total. The number of nitrogens with zero attached hydrogens (tertiary/aromatic N) is 3. The minimum absolute atomic E-state index is 0.232. The highest BCUT2D eigenvalue weighted by Crippen LogP contribution is 2.26. The predicted octanol–water partition coefficient (Wildman–Crippen LogP) is 3.83. The summed E-state index contributed by atoms with van der Waals surface area (Å²) in [7, 11) is 0. The lowest BCUT2D eigenvalue weighted by atomic mass is 10.3. The minimum atomic E-state index is -0.232. The highest BCUT2D eigenvalue weighted by atomic mass is 35.5. The average molecular weight is 417 g/mol. The van der Waals surface area contributed by atoms with E-state index in [2.05, 4.69) is 20.1 Å². The number of thiocarbonyl (C=S) groups is 1. The third kappa shape index (κ3) is 4.05. The highest BCUT2D eigenvalue weighted by Gasteiger charge is 2.21. The number of para-hydroxylation sites is 1. The number of nitrogens with one attached hydrogen (secondary N) is 1. The van der Waals surface area contributed by atoms with Crippen LogP contribution in [-0.2, 0) is 0 Å². The monoisotopic (exact) mass is 416 g/mol. The van der Waals surface area contributed by atoms with Gasteiger partial charge in [-0.05, 0) is 42.5 Å². The molecular weight excluding hydrogens is 400 g/mol. The number of hydrogen-bond acceptors (Lipinski definition) is 5. The number of anilines is 2. The smallest absolute Gasteiger partial charge is 0.281 e. The summed E-state index contributed by atoms with van der Waals surface area (Å²) in [6, 6.07) is 15.3. The van der Waals surface area contributed by atoms with Gasteiger partial charge in [-0.2, -0.15) is 4.98 Å². The van der Waals surface area contributed by atoms with Gasteiger partial charge in [-0.25, -0.2) is 0 Å². The normalized spacial score (nSPS) is 14.4. The fourth-order valence-corrected chi connectivity index (χ4v) is 4.49. The third-order valence-electron chi connectivity index (χ3n) is 4.43. The lowest BCUT2D eigenvalue weighted by Crippen LogP contribution is -2.50. The maximum Gasteiger partial charge on any atom is 0.281 e. The van der Waals surface area contributed by atoms with Crippen molar-refractivity contribution in [3.63, 3.8) is 0 Å². The quantitative estimate of drug-likeness (QED) is 0.641. The first-order chi connectivity index (χ1) is 13.1. The molecule has 3 aromatic rings. The van der Waals surface area contributed by atoms with Crippen molar-refractivity contribution in [3.8, 4) is 0 Å². The molecule has 0 aliphatic carbocycles. The van der Waals surface area contributed by atoms with Crippen molar-refractivity contribution < 1.29 is 0 Å². The van der Waals surface area contributed by atoms with Crippen LogP contribution in [0.4, 0.5) is 10.8 Å². The van der Waals surface area contributed by atoms with Gasteiger partial charge in [-0.15, -0.1) is 0 Å². The second-order valence-corrected chi connectivity index (χ2v) is 8.04. The number of halogens is 1. The van der Waals surface area contributed by atoms with Crippen molar-refractivity contribution in [1.82, 2.24) is 9.88 Å². The van der Waals surface area contributed by atoms with E-state index in [1.165, 1.54) is 11.3 Å². The molecular formula is C19H17ClN4OS2. The lowest BCUT2D eigenvalue weighted by molar-refractivity contribution is 0.390. The molecule has 8 heteroatoms. The molecule has 2 heterocycles. The first-order valence-electron chi connectivity index (χ1n) is 8.56. The number of rotatable bonds is 2. The van der Waals surface area contributed by atoms with Crippen LogP contribution in [0.25, 0.3) is 10.1 Å². The van der Waals surface area contributed by atoms with Crippen LogP contribution in [0.3, 0.4) is 0 Å². The lowest BCUT2D eigenvalue weighted by Gasteiger charge is -2.36. The Bertz CT molecular complexity index is 1030. The second-order valence-electron chi connectivity index (χ2n) is 6.21. The van der Waals surface area contributed by atoms with Crippen LogP contribution in [0, 0.1) is 0 Å². The first-order valence-corrected chi connectivity index (χ1v) is 10.2. The molecule has 0 amide bonds. The molecule has 27 heavy (non-hydrogen) atoms. The van der Waals surface area contributed by atoms with Crippen molar-refractivity contribution in [1.29, 1.82) is 0 Å². The van der Waals surface area contributed by atoms with Crippen molar-refractivity contribution in [2.24, 2.45) is 0 Å². The number of fused-ring (bicyclic) bond motifs is 1. The van der Waals surface area contributed by atoms with Crippen LogP contribution in [0.1, 0.15) is 0 Å². The molecule has 1 aromatic heterocycles. The molecule has 0 spiro atoms. The summed E-state index contributed by atoms with van der Waals surface area (Å²) in [5, 5.41) is 5.86. The molecule has 1 aliphatic heterocycles. The largest absolute Gasteiger partial charge is 0.345 e. The number of piperazine rings is 1. The van der Waals surface area contributed by atoms with Gasteiger partial charge in [0.2, 0.25) is 0 Å². The molecule has 0 radical (unpaired) electrons. The van der Waals surface area contributed by atoms with E-state index in [1.54, 1.807) is 12.1 Å². The molecule has 4 rings (SSSR count). The van der Waals surface area contributed by atoms with Gasteiger partial charge in [0, 0.05) is 41.6 Å². The van der Waals surface area contributed by atoms with Gasteiger partial charge in [0.15, 0.2) is 10.2 Å². The highest BCUT2D eigenvalue weighted by molar-refractivity contribution is 7.80. The maximum absolute atomic E-state index is 12.3. The summed E-state index contributed by atoms with van der Waals surface area (Å²) in [5.74, 6) is 0. The molecule has 0 bridgehead atoms. The summed E-state index contributed by atoms with van der Waals surface area (Å²) in [4.78, 5) is 20.9. The van der Waals surface area contributed by atoms with E-state index in [0.29, 0.717) is 10.4 Å². The number of aromatic nitrogens is 1. The van der Waals surface area contributed by atoms with E-state index in [1.807, 2.05) is 36.4 Å². The zero-order valence-corrected chi connectivity index (χ0v) is 16.8. The van der Waals surface area contributed by atoms with Crippen LogP contribution < -0.4 is 15.8 Å². The average Bonchev–Trinajstić information content (AvgIpc) is 2.69. The zero-order valence-electron chi connectivity index (χ0n) is 14.4. The van der Waals surface area contributed by atoms with Crippen LogP contribution in [-0.4, -0.2) is 41.2 Å². The van der Waals surface area contributed by atoms with Gasteiger partial charge in [0.05, 0.1) is 5.39 Å². The van der Waals surface area contributed by atoms with Crippen molar-refractivity contribution in [2.75, 3.05) is 36.4 Å². The van der Waals surface area contributed by atoms with Crippen LogP contribution >= 0.6 is 35.2 Å². The topological polar surface area (TPSA) is 48.5 Å². The standard InChI is InChI=1S/C19H17ClN4OS2/c20-13-6-7-16-15(12-13)17(25)22-19(27-16)24-10-8-23(9-11-24)18(26)21-14-4-2-1-3-5-14/h1-7,12H,8-11H2,(H,21,26). The van der Waals surface area contributed by atoms with Crippen LogP contribution in [0.5, 0.6) is 0 Å². The van der Waals surface area contributed by atoms with Gasteiger partial charge in [0.25, 0.3) is 5.56 Å². The Hall–Kier alpha value is -2.22. The summed E-state index contributed by atoms with van der Waals surface area (Å²) in [5.41, 5.74) is 0.753. The van der Waals surface area contributed by atoms with Crippen molar-refractivity contribution in [2.45, 2.75) is 0 Å². The van der Waals surface area contributed by atoms with Gasteiger partial charge < -0.3 is 15.1 Å². The van der Waals surface area contributed by atoms with E-state index < -0.39 is 0 Å². The Morgan fingerprint density at radius 2 is 1.85 bits per heavy atom. The fourth-order valence-electron chi connectivity index (χ4n) is 2.99. The first kappa shape index (κ1) is 18.2. The second kappa shape index (κ2) is 7.80. The minimum Gasteiger partial charge on any atom is -0.345 e. The van der Waals surface area contributed by atoms with E-state index in [0.717, 1.165) is 46.8 Å². The van der Waals surface area contributed by atoms with E-state index in [9.17, 15) is 4.79 Å². The van der Waals surface area contributed by atoms with Gasteiger partial charge >= 0.3 is 0 Å². The summed E-state index contributed by atoms with van der Waals surface area (Å²) in [6.07, 6.45) is 0. The number of benzene rings is 2. The molecule has 1 N–H and O–H groups in total. The third-order valence-corrected chi connectivity index (χ3v) is 6.14. The Morgan fingerprint density at radius 1 is 1.11 bits per heavy atom. The van der Waals surface area contributed by atoms with Crippen LogP contribution in [0.15, 0.2) is 53.3 Å². The molecule has 0 atom stereocenters. The predicted molar refractivity (Wildman–Crippen MR) is 117 cm³/mol. The van der Waals surface area contributed by atoms with Gasteiger partial charge in [-0.1, -0.05) is 41.1 Å². The van der Waals surface area contributed by atoms with Crippen molar-refractivity contribution in [3.05, 3.63) is 63.9 Å². The SMILES string of the molecule is O=c1nc(N2CCN(C(=S)Nc3ccccc3)CC2)sc2ccc(Cl)cc12. The maximum atomic E-state index is 12.3. The van der Waals surface area contributed by atoms with E-state index in [4.69, 9.17) is 23.8 Å². The Labute approximate surface area is 171 Å². The van der Waals surface area contributed by atoms with E-state index in [-0.39, 0.29) is 5.56 Å². The Kier molecular flexibility index (Phi) is 5.24. The molecule has 0 saturated carbocycles. The zero-order chi connectivity index (χ0) is 18.8. The Balaban J connectivity index is 1.45. The molecule has 0 unspecified atom stereocenters. The van der Waals surface area contributed by atoms with E-state index >= 15 is 0 Å². The van der Waals surface area contributed by atoms with Crippen molar-refractivity contribution >= 4 is 61.2 Å². The fraction of sp³-hybridized carbons (Fsp3) is 0.211. The molecule has 1 saturated heterocycles. The molecule has 138 valence electrons. The van der Waals surface area contributed by atoms with Crippen LogP contribution in [0.2, 0.25) is 5.02 Å². The molecule has 1 aliphatic rings. The summed E-state index contributed by atoms with van der Waals surface area (Å²) >= 11 is 13.0. The molecule has 1 fully saturated rings. The number of hydrogen-bond donors (Lipinski definition) is 1. The molecule has 2 aromatic carbocycles.